The van der Waals surface area contributed by atoms with Crippen molar-refractivity contribution in [3.8, 4) is 0 Å². The molecule has 3 aromatic heterocycles. The van der Waals surface area contributed by atoms with Gasteiger partial charge in [-0.15, -0.1) is 10.2 Å². The number of nitrogens with zero attached hydrogens (tertiary/aromatic N) is 4. The Morgan fingerprint density at radius 2 is 2.15 bits per heavy atom. The molecule has 5 rings (SSSR count). The number of aliphatic hydroxyl groups is 1. The molecule has 2 N–H and O–H groups in total. The Morgan fingerprint density at radius 3 is 2.93 bits per heavy atom. The summed E-state index contributed by atoms with van der Waals surface area (Å²) in [6.45, 7) is 2.07. The maximum absolute atomic E-state index is 15.2. The third kappa shape index (κ3) is 2.47. The van der Waals surface area contributed by atoms with Gasteiger partial charge in [-0.25, -0.2) is 9.37 Å². The number of fused-ring (bicyclic) bond motifs is 2. The number of para-hydroxylation sites is 1. The molecule has 9 heteroatoms. The molecule has 0 radical (unpaired) electrons. The van der Waals surface area contributed by atoms with Gasteiger partial charge in [-0.05, 0) is 12.1 Å². The molecule has 27 heavy (non-hydrogen) atoms. The van der Waals surface area contributed by atoms with E-state index in [9.17, 15) is 5.11 Å². The number of hydrogen-bond donors (Lipinski definition) is 2. The van der Waals surface area contributed by atoms with Crippen LogP contribution in [0.25, 0.3) is 11.0 Å². The predicted octanol–water partition coefficient (Wildman–Crippen LogP) is 2.63. The monoisotopic (exact) mass is 369 g/mol. The van der Waals surface area contributed by atoms with Crippen LogP contribution in [0.4, 0.5) is 4.39 Å². The van der Waals surface area contributed by atoms with Crippen LogP contribution in [0.3, 0.4) is 0 Å². The number of furan rings is 1. The van der Waals surface area contributed by atoms with E-state index in [0.717, 1.165) is 5.69 Å². The second kappa shape index (κ2) is 6.00. The highest BCUT2D eigenvalue weighted by Gasteiger charge is 2.41. The molecule has 4 aromatic rings. The van der Waals surface area contributed by atoms with E-state index >= 15 is 4.39 Å². The molecule has 1 aliphatic heterocycles. The first-order valence-electron chi connectivity index (χ1n) is 8.56. The molecule has 4 heterocycles. The molecule has 1 unspecified atom stereocenters. The Morgan fingerprint density at radius 1 is 1.30 bits per heavy atom. The molecule has 2 atom stereocenters. The molecule has 0 spiro atoms. The van der Waals surface area contributed by atoms with E-state index < -0.39 is 18.1 Å². The smallest absolute Gasteiger partial charge is 0.260 e. The van der Waals surface area contributed by atoms with Crippen LogP contribution in [0.2, 0.25) is 0 Å². The van der Waals surface area contributed by atoms with Crippen molar-refractivity contribution in [1.29, 1.82) is 0 Å². The highest BCUT2D eigenvalue weighted by Crippen LogP contribution is 2.41. The van der Waals surface area contributed by atoms with Crippen LogP contribution in [-0.2, 0) is 6.42 Å². The fourth-order valence-corrected chi connectivity index (χ4v) is 3.60. The summed E-state index contributed by atoms with van der Waals surface area (Å²) < 4.78 is 26.4. The van der Waals surface area contributed by atoms with Crippen molar-refractivity contribution >= 4 is 11.0 Å². The fraction of sp³-hybridized carbons (Fsp3) is 0.278. The van der Waals surface area contributed by atoms with Crippen molar-refractivity contribution in [2.75, 3.05) is 6.54 Å². The zero-order chi connectivity index (χ0) is 18.5. The number of aromatic nitrogens is 4. The highest BCUT2D eigenvalue weighted by molar-refractivity contribution is 5.79. The number of halogens is 1. The van der Waals surface area contributed by atoms with Crippen LogP contribution < -0.4 is 0 Å². The average Bonchev–Trinajstić information content (AvgIpc) is 3.39. The molecule has 0 bridgehead atoms. The number of rotatable bonds is 3. The van der Waals surface area contributed by atoms with Crippen molar-refractivity contribution in [1.82, 2.24) is 25.1 Å². The summed E-state index contributed by atoms with van der Waals surface area (Å²) in [7, 11) is 0. The molecule has 1 aromatic carbocycles. The Hall–Kier alpha value is -3.04. The lowest BCUT2D eigenvalue weighted by molar-refractivity contribution is -0.0465. The van der Waals surface area contributed by atoms with Gasteiger partial charge in [0.1, 0.15) is 11.6 Å². The summed E-state index contributed by atoms with van der Waals surface area (Å²) in [6, 6.07) is 6.17. The van der Waals surface area contributed by atoms with E-state index in [1.165, 1.54) is 0 Å². The van der Waals surface area contributed by atoms with E-state index in [4.69, 9.17) is 8.83 Å². The Bertz CT molecular complexity index is 1120. The minimum atomic E-state index is -1.21. The molecule has 8 nitrogen and oxygen atoms in total. The number of hydrogen-bond acceptors (Lipinski definition) is 7. The lowest BCUT2D eigenvalue weighted by atomic mass is 9.99. The van der Waals surface area contributed by atoms with E-state index in [0.29, 0.717) is 35.5 Å². The molecule has 0 fully saturated rings. The van der Waals surface area contributed by atoms with Crippen LogP contribution in [-0.4, -0.2) is 36.7 Å². The van der Waals surface area contributed by atoms with Gasteiger partial charge in [0.25, 0.3) is 5.89 Å². The highest BCUT2D eigenvalue weighted by atomic mass is 19.1. The summed E-state index contributed by atoms with van der Waals surface area (Å²) in [6.07, 6.45) is 0.955. The summed E-state index contributed by atoms with van der Waals surface area (Å²) in [5, 5.41) is 18.9. The van der Waals surface area contributed by atoms with Gasteiger partial charge in [-0.2, -0.15) is 0 Å². The largest absolute Gasteiger partial charge is 0.456 e. The van der Waals surface area contributed by atoms with Crippen LogP contribution in [0.5, 0.6) is 0 Å². The number of aromatic amines is 1. The number of benzene rings is 1. The maximum Gasteiger partial charge on any atom is 0.260 e. The second-order valence-corrected chi connectivity index (χ2v) is 6.47. The number of aryl methyl sites for hydroxylation is 1. The normalized spacial score (nSPS) is 18.7. The lowest BCUT2D eigenvalue weighted by Gasteiger charge is -2.35. The molecule has 138 valence electrons. The number of H-pyrrole nitrogens is 1. The standard InChI is InChI=1S/C18H16FN5O3/c1-9-22-23-17(26-9)18(25)24-7-6-11-14(21-8-20-11)15(24)16-13(19)10-4-2-3-5-12(10)27-16/h2-5,8,15,18,25H,6-7H2,1H3,(H,20,21)/t15-,18?/m1/s1. The predicted molar refractivity (Wildman–Crippen MR) is 91.0 cm³/mol. The van der Waals surface area contributed by atoms with Crippen molar-refractivity contribution in [2.24, 2.45) is 0 Å². The van der Waals surface area contributed by atoms with E-state index in [1.807, 2.05) is 0 Å². The van der Waals surface area contributed by atoms with Crippen molar-refractivity contribution in [2.45, 2.75) is 25.6 Å². The van der Waals surface area contributed by atoms with Crippen LogP contribution in [0.15, 0.2) is 39.4 Å². The third-order valence-electron chi connectivity index (χ3n) is 4.85. The van der Waals surface area contributed by atoms with Gasteiger partial charge < -0.3 is 18.9 Å². The van der Waals surface area contributed by atoms with Crippen molar-refractivity contribution < 1.29 is 18.3 Å². The van der Waals surface area contributed by atoms with Gasteiger partial charge in [0, 0.05) is 25.6 Å². The van der Waals surface area contributed by atoms with Gasteiger partial charge in [0.05, 0.1) is 17.4 Å². The van der Waals surface area contributed by atoms with Crippen molar-refractivity contribution in [3.63, 3.8) is 0 Å². The van der Waals surface area contributed by atoms with Crippen LogP contribution >= 0.6 is 0 Å². The molecular formula is C18H16FN5O3. The molecule has 0 amide bonds. The van der Waals surface area contributed by atoms with E-state index in [2.05, 4.69) is 20.2 Å². The number of aliphatic hydroxyl groups excluding tert-OH is 1. The zero-order valence-electron chi connectivity index (χ0n) is 14.4. The second-order valence-electron chi connectivity index (χ2n) is 6.47. The van der Waals surface area contributed by atoms with E-state index in [1.54, 1.807) is 42.4 Å². The Labute approximate surface area is 152 Å². The third-order valence-corrected chi connectivity index (χ3v) is 4.85. The first-order chi connectivity index (χ1) is 13.1. The number of nitrogens with one attached hydrogen (secondary N) is 1. The van der Waals surface area contributed by atoms with Gasteiger partial charge >= 0.3 is 0 Å². The van der Waals surface area contributed by atoms with E-state index in [-0.39, 0.29) is 11.7 Å². The SMILES string of the molecule is Cc1nnc(C(O)N2CCc3[nH]cnc3[C@@H]2c2oc3ccccc3c2F)o1. The van der Waals surface area contributed by atoms with Crippen LogP contribution in [0, 0.1) is 12.7 Å². The summed E-state index contributed by atoms with van der Waals surface area (Å²) >= 11 is 0. The average molecular weight is 369 g/mol. The quantitative estimate of drug-likeness (QED) is 0.572. The zero-order valence-corrected chi connectivity index (χ0v) is 14.4. The summed E-state index contributed by atoms with van der Waals surface area (Å²) in [5.74, 6) is 0.0193. The molecule has 0 aliphatic carbocycles. The molecule has 0 saturated carbocycles. The maximum atomic E-state index is 15.2. The molecule has 0 saturated heterocycles. The van der Waals surface area contributed by atoms with Gasteiger partial charge in [0.15, 0.2) is 17.8 Å². The summed E-state index contributed by atoms with van der Waals surface area (Å²) in [4.78, 5) is 9.08. The Kier molecular flexibility index (Phi) is 3.59. The lowest BCUT2D eigenvalue weighted by Crippen LogP contribution is -2.39. The van der Waals surface area contributed by atoms with Crippen LogP contribution in [0.1, 0.15) is 41.2 Å². The van der Waals surface area contributed by atoms with Crippen molar-refractivity contribution in [3.05, 3.63) is 65.3 Å². The van der Waals surface area contributed by atoms with Gasteiger partial charge in [-0.1, -0.05) is 12.1 Å². The minimum Gasteiger partial charge on any atom is -0.456 e. The first kappa shape index (κ1) is 16.2. The topological polar surface area (TPSA) is 104 Å². The molecular weight excluding hydrogens is 353 g/mol. The van der Waals surface area contributed by atoms with Gasteiger partial charge in [-0.3, -0.25) is 4.90 Å². The Balaban J connectivity index is 1.66. The van der Waals surface area contributed by atoms with Gasteiger partial charge in [0.2, 0.25) is 5.89 Å². The molecule has 1 aliphatic rings. The summed E-state index contributed by atoms with van der Waals surface area (Å²) in [5.41, 5.74) is 1.93. The fourth-order valence-electron chi connectivity index (χ4n) is 3.60. The first-order valence-corrected chi connectivity index (χ1v) is 8.56. The number of imidazole rings is 1. The minimum absolute atomic E-state index is 0.0491.